The van der Waals surface area contributed by atoms with Gasteiger partial charge >= 0.3 is 5.25 Å². The van der Waals surface area contributed by atoms with E-state index in [2.05, 4.69) is 0 Å². The summed E-state index contributed by atoms with van der Waals surface area (Å²) in [6, 6.07) is 11.0. The quantitative estimate of drug-likeness (QED) is 0.847. The van der Waals surface area contributed by atoms with Gasteiger partial charge in [-0.05, 0) is 36.0 Å². The molecule has 1 N–H and O–H groups in total. The van der Waals surface area contributed by atoms with Gasteiger partial charge in [0.05, 0.1) is 6.26 Å². The standard InChI is InChI=1S/C12H10F2O2S/c13-12(14,11(15)10-7-4-8-16-10)17-9-5-2-1-3-6-9/h1-8,11,15H/t11-/m1/s1. The summed E-state index contributed by atoms with van der Waals surface area (Å²) in [7, 11) is 0. The van der Waals surface area contributed by atoms with Crippen LogP contribution in [0.4, 0.5) is 8.78 Å². The first-order valence-electron chi connectivity index (χ1n) is 4.93. The smallest absolute Gasteiger partial charge is 0.330 e. The Hall–Kier alpha value is -1.33. The van der Waals surface area contributed by atoms with Gasteiger partial charge in [0.2, 0.25) is 0 Å². The Balaban J connectivity index is 2.14. The van der Waals surface area contributed by atoms with Crippen molar-refractivity contribution in [3.05, 3.63) is 54.5 Å². The Morgan fingerprint density at radius 3 is 2.41 bits per heavy atom. The van der Waals surface area contributed by atoms with Gasteiger partial charge in [-0.1, -0.05) is 18.2 Å². The van der Waals surface area contributed by atoms with Crippen LogP contribution in [0.25, 0.3) is 0 Å². The first-order chi connectivity index (χ1) is 8.09. The molecule has 2 nitrogen and oxygen atoms in total. The number of halogens is 2. The van der Waals surface area contributed by atoms with E-state index >= 15 is 0 Å². The Morgan fingerprint density at radius 1 is 1.12 bits per heavy atom. The van der Waals surface area contributed by atoms with Gasteiger partial charge in [-0.25, -0.2) is 0 Å². The number of benzene rings is 1. The molecule has 1 aromatic heterocycles. The van der Waals surface area contributed by atoms with Gasteiger partial charge in [0.1, 0.15) is 5.76 Å². The van der Waals surface area contributed by atoms with Crippen LogP contribution in [0.15, 0.2) is 58.0 Å². The molecule has 0 radical (unpaired) electrons. The molecule has 0 bridgehead atoms. The lowest BCUT2D eigenvalue weighted by molar-refractivity contribution is -0.0460. The molecule has 5 heteroatoms. The summed E-state index contributed by atoms with van der Waals surface area (Å²) in [5.41, 5.74) is 0. The van der Waals surface area contributed by atoms with Gasteiger partial charge in [-0.15, -0.1) is 0 Å². The molecule has 1 aromatic carbocycles. The van der Waals surface area contributed by atoms with Gasteiger partial charge in [-0.2, -0.15) is 8.78 Å². The molecule has 0 amide bonds. The fourth-order valence-corrected chi connectivity index (χ4v) is 2.15. The molecule has 0 saturated heterocycles. The van der Waals surface area contributed by atoms with Gasteiger partial charge in [0.15, 0.2) is 6.10 Å². The fraction of sp³-hybridized carbons (Fsp3) is 0.167. The zero-order valence-corrected chi connectivity index (χ0v) is 9.53. The number of hydrogen-bond acceptors (Lipinski definition) is 3. The van der Waals surface area contributed by atoms with Crippen LogP contribution < -0.4 is 0 Å². The zero-order valence-electron chi connectivity index (χ0n) is 8.72. The highest BCUT2D eigenvalue weighted by Gasteiger charge is 2.42. The molecule has 2 aromatic rings. The monoisotopic (exact) mass is 256 g/mol. The molecule has 0 aliphatic rings. The number of rotatable bonds is 4. The van der Waals surface area contributed by atoms with Crippen LogP contribution in [-0.4, -0.2) is 10.4 Å². The predicted molar refractivity (Wildman–Crippen MR) is 60.9 cm³/mol. The molecular formula is C12H10F2O2S. The number of thioether (sulfide) groups is 1. The number of aliphatic hydroxyl groups is 1. The van der Waals surface area contributed by atoms with Crippen LogP contribution in [0.2, 0.25) is 0 Å². The van der Waals surface area contributed by atoms with Crippen LogP contribution in [0, 0.1) is 0 Å². The van der Waals surface area contributed by atoms with Gasteiger partial charge in [0.25, 0.3) is 0 Å². The maximum atomic E-state index is 13.7. The fourth-order valence-electron chi connectivity index (χ4n) is 1.31. The molecule has 0 fully saturated rings. The first kappa shape index (κ1) is 12.1. The maximum absolute atomic E-state index is 13.7. The van der Waals surface area contributed by atoms with Gasteiger partial charge in [-0.3, -0.25) is 0 Å². The highest BCUT2D eigenvalue weighted by Crippen LogP contribution is 2.44. The summed E-state index contributed by atoms with van der Waals surface area (Å²) >= 11 is 0.309. The Bertz CT molecular complexity index is 457. The normalized spacial score (nSPS) is 13.6. The third kappa shape index (κ3) is 2.87. The van der Waals surface area contributed by atoms with Crippen molar-refractivity contribution in [1.82, 2.24) is 0 Å². The second kappa shape index (κ2) is 4.89. The largest absolute Gasteiger partial charge is 0.466 e. The van der Waals surface area contributed by atoms with E-state index in [0.717, 1.165) is 0 Å². The lowest BCUT2D eigenvalue weighted by Gasteiger charge is -2.20. The highest BCUT2D eigenvalue weighted by molar-refractivity contribution is 8.00. The van der Waals surface area contributed by atoms with Crippen molar-refractivity contribution in [2.45, 2.75) is 16.3 Å². The third-order valence-corrected chi connectivity index (χ3v) is 3.13. The molecular weight excluding hydrogens is 246 g/mol. The topological polar surface area (TPSA) is 33.4 Å². The molecule has 0 aliphatic carbocycles. The zero-order chi connectivity index (χ0) is 12.3. The van der Waals surface area contributed by atoms with E-state index in [1.807, 2.05) is 0 Å². The minimum atomic E-state index is -3.33. The van der Waals surface area contributed by atoms with E-state index in [1.165, 1.54) is 18.4 Å². The average Bonchev–Trinajstić information content (AvgIpc) is 2.82. The third-order valence-electron chi connectivity index (χ3n) is 2.13. The van der Waals surface area contributed by atoms with Crippen LogP contribution in [-0.2, 0) is 0 Å². The van der Waals surface area contributed by atoms with E-state index in [4.69, 9.17) is 4.42 Å². The average molecular weight is 256 g/mol. The minimum Gasteiger partial charge on any atom is -0.466 e. The van der Waals surface area contributed by atoms with Crippen molar-refractivity contribution in [1.29, 1.82) is 0 Å². The molecule has 1 atom stereocenters. The van der Waals surface area contributed by atoms with Crippen LogP contribution in [0.3, 0.4) is 0 Å². The molecule has 0 unspecified atom stereocenters. The molecule has 1 heterocycles. The predicted octanol–water partition coefficient (Wildman–Crippen LogP) is 3.70. The lowest BCUT2D eigenvalue weighted by Crippen LogP contribution is -2.21. The maximum Gasteiger partial charge on any atom is 0.330 e. The molecule has 2 rings (SSSR count). The van der Waals surface area contributed by atoms with E-state index in [9.17, 15) is 13.9 Å². The van der Waals surface area contributed by atoms with Gasteiger partial charge in [0, 0.05) is 4.90 Å². The number of alkyl halides is 2. The second-order valence-electron chi connectivity index (χ2n) is 3.39. The van der Waals surface area contributed by atoms with E-state index < -0.39 is 11.4 Å². The van der Waals surface area contributed by atoms with Gasteiger partial charge < -0.3 is 9.52 Å². The molecule has 0 spiro atoms. The van der Waals surface area contributed by atoms with Crippen molar-refractivity contribution in [2.24, 2.45) is 0 Å². The van der Waals surface area contributed by atoms with E-state index in [-0.39, 0.29) is 5.76 Å². The Morgan fingerprint density at radius 2 is 1.82 bits per heavy atom. The Labute approximate surface area is 101 Å². The first-order valence-corrected chi connectivity index (χ1v) is 5.74. The SMILES string of the molecule is O[C@H](c1ccco1)C(F)(F)Sc1ccccc1. The molecule has 17 heavy (non-hydrogen) atoms. The summed E-state index contributed by atoms with van der Waals surface area (Å²) in [4.78, 5) is 0.392. The van der Waals surface area contributed by atoms with E-state index in [0.29, 0.717) is 16.7 Å². The second-order valence-corrected chi connectivity index (χ2v) is 4.61. The van der Waals surface area contributed by atoms with Crippen molar-refractivity contribution in [3.8, 4) is 0 Å². The van der Waals surface area contributed by atoms with Crippen molar-refractivity contribution < 1.29 is 18.3 Å². The van der Waals surface area contributed by atoms with Crippen LogP contribution in [0.1, 0.15) is 11.9 Å². The molecule has 90 valence electrons. The highest BCUT2D eigenvalue weighted by atomic mass is 32.2. The lowest BCUT2D eigenvalue weighted by atomic mass is 10.3. The van der Waals surface area contributed by atoms with Crippen LogP contribution >= 0.6 is 11.8 Å². The summed E-state index contributed by atoms with van der Waals surface area (Å²) in [5, 5.41) is 6.20. The van der Waals surface area contributed by atoms with Crippen LogP contribution in [0.5, 0.6) is 0 Å². The molecule has 0 saturated carbocycles. The molecule has 0 aliphatic heterocycles. The minimum absolute atomic E-state index is 0.140. The van der Waals surface area contributed by atoms with Crippen molar-refractivity contribution in [2.75, 3.05) is 0 Å². The summed E-state index contributed by atoms with van der Waals surface area (Å²) < 4.78 is 32.2. The summed E-state index contributed by atoms with van der Waals surface area (Å²) in [5.74, 6) is -0.140. The summed E-state index contributed by atoms with van der Waals surface area (Å²) in [6.45, 7) is 0. The van der Waals surface area contributed by atoms with E-state index in [1.54, 1.807) is 30.3 Å². The number of furan rings is 1. The van der Waals surface area contributed by atoms with Crippen molar-refractivity contribution >= 4 is 11.8 Å². The number of hydrogen-bond donors (Lipinski definition) is 1. The Kier molecular flexibility index (Phi) is 3.49. The summed E-state index contributed by atoms with van der Waals surface area (Å²) in [6.07, 6.45) is -0.704. The van der Waals surface area contributed by atoms with Crippen molar-refractivity contribution in [3.63, 3.8) is 0 Å². The number of aliphatic hydroxyl groups excluding tert-OH is 1.